The quantitative estimate of drug-likeness (QED) is 0.783. The normalized spacial score (nSPS) is 28.4. The van der Waals surface area contributed by atoms with Crippen LogP contribution in [0.15, 0.2) is 0 Å². The molecular formula is C18H32ClN3O3. The van der Waals surface area contributed by atoms with Gasteiger partial charge in [-0.1, -0.05) is 19.3 Å². The summed E-state index contributed by atoms with van der Waals surface area (Å²) >= 11 is 0. The van der Waals surface area contributed by atoms with Crippen molar-refractivity contribution in [1.29, 1.82) is 0 Å². The van der Waals surface area contributed by atoms with E-state index in [0.29, 0.717) is 25.7 Å². The lowest BCUT2D eigenvalue weighted by atomic mass is 9.92. The van der Waals surface area contributed by atoms with E-state index in [1.165, 1.54) is 19.3 Å². The van der Waals surface area contributed by atoms with Crippen LogP contribution in [0.1, 0.15) is 57.8 Å². The molecule has 3 N–H and O–H groups in total. The Morgan fingerprint density at radius 2 is 1.68 bits per heavy atom. The third kappa shape index (κ3) is 5.31. The van der Waals surface area contributed by atoms with Crippen molar-refractivity contribution in [2.75, 3.05) is 19.6 Å². The second-order valence-corrected chi connectivity index (χ2v) is 7.50. The van der Waals surface area contributed by atoms with Gasteiger partial charge in [-0.25, -0.2) is 0 Å². The van der Waals surface area contributed by atoms with Crippen molar-refractivity contribution < 1.29 is 14.3 Å². The summed E-state index contributed by atoms with van der Waals surface area (Å²) in [5.41, 5.74) is 5.61. The molecule has 6 nitrogen and oxygen atoms in total. The molecule has 2 aliphatic heterocycles. The van der Waals surface area contributed by atoms with Gasteiger partial charge in [-0.3, -0.25) is 9.59 Å². The van der Waals surface area contributed by atoms with E-state index in [1.54, 1.807) is 0 Å². The van der Waals surface area contributed by atoms with E-state index >= 15 is 0 Å². The largest absolute Gasteiger partial charge is 0.364 e. The van der Waals surface area contributed by atoms with Crippen molar-refractivity contribution in [3.63, 3.8) is 0 Å². The third-order valence-electron chi connectivity index (χ3n) is 5.77. The Bertz CT molecular complexity index is 449. The molecule has 2 saturated heterocycles. The highest BCUT2D eigenvalue weighted by molar-refractivity contribution is 5.85. The molecule has 0 spiro atoms. The number of amides is 2. The minimum absolute atomic E-state index is 0. The maximum absolute atomic E-state index is 12.5. The molecule has 1 aliphatic carbocycles. The summed E-state index contributed by atoms with van der Waals surface area (Å²) in [6, 6.07) is 0.367. The third-order valence-corrected chi connectivity index (χ3v) is 5.77. The van der Waals surface area contributed by atoms with Gasteiger partial charge in [0.25, 0.3) is 5.91 Å². The Balaban J connectivity index is 0.00000225. The minimum Gasteiger partial charge on any atom is -0.364 e. The first-order valence-electron chi connectivity index (χ1n) is 9.62. The molecule has 25 heavy (non-hydrogen) atoms. The summed E-state index contributed by atoms with van der Waals surface area (Å²) in [6.45, 7) is 1.80. The van der Waals surface area contributed by atoms with E-state index in [0.717, 1.165) is 38.5 Å². The molecule has 2 heterocycles. The fourth-order valence-electron chi connectivity index (χ4n) is 4.19. The number of rotatable bonds is 4. The zero-order valence-electron chi connectivity index (χ0n) is 15.0. The van der Waals surface area contributed by atoms with Crippen LogP contribution in [0.3, 0.4) is 0 Å². The van der Waals surface area contributed by atoms with E-state index in [4.69, 9.17) is 10.5 Å². The van der Waals surface area contributed by atoms with Crippen LogP contribution >= 0.6 is 12.4 Å². The fraction of sp³-hybridized carbons (Fsp3) is 0.889. The van der Waals surface area contributed by atoms with Crippen LogP contribution in [0, 0.1) is 5.92 Å². The van der Waals surface area contributed by atoms with Crippen molar-refractivity contribution in [3.05, 3.63) is 0 Å². The number of ether oxygens (including phenoxy) is 1. The Morgan fingerprint density at radius 3 is 2.28 bits per heavy atom. The molecule has 0 radical (unpaired) electrons. The summed E-state index contributed by atoms with van der Waals surface area (Å²) < 4.78 is 5.70. The van der Waals surface area contributed by atoms with E-state index in [1.807, 2.05) is 4.90 Å². The molecule has 0 bridgehead atoms. The molecule has 0 aromatic rings. The number of hydrogen-bond donors (Lipinski definition) is 2. The standard InChI is InChI=1S/C18H31N3O3.ClH/c19-12-15-6-7-16(24-15)18(23)21-10-8-13(9-11-21)17(22)20-14-4-2-1-3-5-14;/h13-16H,1-12,19H2,(H,20,22);1H/t15-,16+;/m1./s1. The zero-order chi connectivity index (χ0) is 16.9. The number of likely N-dealkylation sites (tertiary alicyclic amines) is 1. The Labute approximate surface area is 156 Å². The Morgan fingerprint density at radius 1 is 1.00 bits per heavy atom. The molecule has 3 fully saturated rings. The molecule has 0 aromatic carbocycles. The lowest BCUT2D eigenvalue weighted by Crippen LogP contribution is -2.48. The Kier molecular flexibility index (Phi) is 7.97. The van der Waals surface area contributed by atoms with Crippen LogP contribution < -0.4 is 11.1 Å². The number of nitrogens with one attached hydrogen (secondary N) is 1. The highest BCUT2D eigenvalue weighted by Gasteiger charge is 2.35. The van der Waals surface area contributed by atoms with Crippen molar-refractivity contribution in [3.8, 4) is 0 Å². The number of halogens is 1. The van der Waals surface area contributed by atoms with E-state index in [-0.39, 0.29) is 42.3 Å². The first-order chi connectivity index (χ1) is 11.7. The fourth-order valence-corrected chi connectivity index (χ4v) is 4.19. The van der Waals surface area contributed by atoms with Gasteiger partial charge in [-0.05, 0) is 38.5 Å². The first kappa shape index (κ1) is 20.5. The number of nitrogens with two attached hydrogens (primary N) is 1. The number of piperidine rings is 1. The van der Waals surface area contributed by atoms with E-state index < -0.39 is 0 Å². The van der Waals surface area contributed by atoms with Gasteiger partial charge in [0.15, 0.2) is 0 Å². The monoisotopic (exact) mass is 373 g/mol. The molecule has 0 unspecified atom stereocenters. The van der Waals surface area contributed by atoms with Gasteiger partial charge >= 0.3 is 0 Å². The number of hydrogen-bond acceptors (Lipinski definition) is 4. The molecule has 0 aromatic heterocycles. The summed E-state index contributed by atoms with van der Waals surface area (Å²) in [5, 5.41) is 3.22. The van der Waals surface area contributed by atoms with Gasteiger partial charge in [0.1, 0.15) is 6.10 Å². The average Bonchev–Trinajstić information content (AvgIpc) is 3.11. The minimum atomic E-state index is -0.328. The molecule has 3 rings (SSSR count). The molecule has 2 atom stereocenters. The van der Waals surface area contributed by atoms with Crippen LogP contribution in [0.2, 0.25) is 0 Å². The van der Waals surface area contributed by atoms with Crippen molar-refractivity contribution in [1.82, 2.24) is 10.2 Å². The van der Waals surface area contributed by atoms with Gasteiger partial charge in [0.05, 0.1) is 6.10 Å². The number of carbonyl (C=O) groups is 2. The van der Waals surface area contributed by atoms with Crippen LogP contribution in [0.4, 0.5) is 0 Å². The van der Waals surface area contributed by atoms with Crippen LogP contribution in [0.25, 0.3) is 0 Å². The molecule has 7 heteroatoms. The molecule has 2 amide bonds. The van der Waals surface area contributed by atoms with Crippen molar-refractivity contribution in [2.24, 2.45) is 11.7 Å². The highest BCUT2D eigenvalue weighted by Crippen LogP contribution is 2.25. The maximum atomic E-state index is 12.5. The van der Waals surface area contributed by atoms with Gasteiger partial charge in [-0.2, -0.15) is 0 Å². The summed E-state index contributed by atoms with van der Waals surface area (Å²) in [7, 11) is 0. The van der Waals surface area contributed by atoms with Crippen LogP contribution in [0.5, 0.6) is 0 Å². The lowest BCUT2D eigenvalue weighted by molar-refractivity contribution is -0.145. The van der Waals surface area contributed by atoms with E-state index in [2.05, 4.69) is 5.32 Å². The highest BCUT2D eigenvalue weighted by atomic mass is 35.5. The van der Waals surface area contributed by atoms with E-state index in [9.17, 15) is 9.59 Å². The van der Waals surface area contributed by atoms with Crippen LogP contribution in [-0.4, -0.2) is 54.6 Å². The molecular weight excluding hydrogens is 342 g/mol. The first-order valence-corrected chi connectivity index (χ1v) is 9.62. The number of carbonyl (C=O) groups excluding carboxylic acids is 2. The smallest absolute Gasteiger partial charge is 0.251 e. The molecule has 1 saturated carbocycles. The summed E-state index contributed by atoms with van der Waals surface area (Å²) in [5.74, 6) is 0.323. The predicted octanol–water partition coefficient (Wildman–Crippen LogP) is 1.60. The second-order valence-electron chi connectivity index (χ2n) is 7.50. The molecule has 144 valence electrons. The van der Waals surface area contributed by atoms with Gasteiger partial charge in [0, 0.05) is 31.6 Å². The lowest BCUT2D eigenvalue weighted by Gasteiger charge is -2.34. The number of nitrogens with zero attached hydrogens (tertiary/aromatic N) is 1. The summed E-state index contributed by atoms with van der Waals surface area (Å²) in [4.78, 5) is 26.8. The maximum Gasteiger partial charge on any atom is 0.251 e. The molecule has 3 aliphatic rings. The zero-order valence-corrected chi connectivity index (χ0v) is 15.8. The topological polar surface area (TPSA) is 84.7 Å². The van der Waals surface area contributed by atoms with Crippen molar-refractivity contribution in [2.45, 2.75) is 76.0 Å². The SMILES string of the molecule is Cl.NC[C@H]1CC[C@@H](C(=O)N2CCC(C(=O)NC3CCCCC3)CC2)O1. The van der Waals surface area contributed by atoms with Gasteiger partial charge in [0.2, 0.25) is 5.91 Å². The summed E-state index contributed by atoms with van der Waals surface area (Å²) in [6.07, 6.45) is 8.83. The Hall–Kier alpha value is -0.850. The second kappa shape index (κ2) is 9.74. The van der Waals surface area contributed by atoms with Crippen molar-refractivity contribution >= 4 is 24.2 Å². The van der Waals surface area contributed by atoms with Gasteiger partial charge < -0.3 is 20.7 Å². The predicted molar refractivity (Wildman–Crippen MR) is 98.5 cm³/mol. The van der Waals surface area contributed by atoms with Crippen LogP contribution in [-0.2, 0) is 14.3 Å². The van der Waals surface area contributed by atoms with Gasteiger partial charge in [-0.15, -0.1) is 12.4 Å². The average molecular weight is 374 g/mol.